The van der Waals surface area contributed by atoms with Gasteiger partial charge >= 0.3 is 12.1 Å². The van der Waals surface area contributed by atoms with Crippen LogP contribution < -0.4 is 5.32 Å². The van der Waals surface area contributed by atoms with Gasteiger partial charge in [-0.1, -0.05) is 18.2 Å². The van der Waals surface area contributed by atoms with Gasteiger partial charge in [-0.25, -0.2) is 14.5 Å². The fourth-order valence-electron chi connectivity index (χ4n) is 1.73. The highest BCUT2D eigenvalue weighted by Crippen LogP contribution is 2.15. The Hall–Kier alpha value is -2.04. The summed E-state index contributed by atoms with van der Waals surface area (Å²) in [7, 11) is 1.70. The Morgan fingerprint density at radius 2 is 2.00 bits per heavy atom. The van der Waals surface area contributed by atoms with E-state index in [0.29, 0.717) is 12.2 Å². The molecule has 1 atom stereocenters. The van der Waals surface area contributed by atoms with Crippen LogP contribution in [-0.4, -0.2) is 41.5 Å². The Morgan fingerprint density at radius 3 is 2.53 bits per heavy atom. The number of anilines is 1. The van der Waals surface area contributed by atoms with Crippen molar-refractivity contribution in [2.24, 2.45) is 0 Å². The fraction of sp³-hybridized carbons (Fsp3) is 0.333. The van der Waals surface area contributed by atoms with E-state index in [1.165, 1.54) is 4.90 Å². The van der Waals surface area contributed by atoms with Crippen molar-refractivity contribution in [3.63, 3.8) is 0 Å². The topological polar surface area (TPSA) is 52.7 Å². The summed E-state index contributed by atoms with van der Waals surface area (Å²) in [5.74, 6) is 0. The third kappa shape index (κ3) is 2.22. The standard InChI is InChI=1S/C12H15N3O2/c1-9-8-15(12(17)14(9)2)11(16)13-10-6-4-3-5-7-10/h3-7,9H,8H2,1-2H3,(H,13,16). The van der Waals surface area contributed by atoms with E-state index in [0.717, 1.165) is 0 Å². The average Bonchev–Trinajstić information content (AvgIpc) is 2.58. The van der Waals surface area contributed by atoms with Gasteiger partial charge in [0.15, 0.2) is 0 Å². The number of hydrogen-bond acceptors (Lipinski definition) is 2. The highest BCUT2D eigenvalue weighted by atomic mass is 16.2. The van der Waals surface area contributed by atoms with Crippen LogP contribution in [0.15, 0.2) is 30.3 Å². The molecule has 0 radical (unpaired) electrons. The first-order chi connectivity index (χ1) is 8.09. The number of nitrogens with zero attached hydrogens (tertiary/aromatic N) is 2. The predicted octanol–water partition coefficient (Wildman–Crippen LogP) is 1.97. The molecule has 0 saturated carbocycles. The maximum atomic E-state index is 11.9. The highest BCUT2D eigenvalue weighted by molar-refractivity contribution is 6.01. The number of hydrogen-bond donors (Lipinski definition) is 1. The van der Waals surface area contributed by atoms with Crippen LogP contribution in [0.25, 0.3) is 0 Å². The molecule has 0 spiro atoms. The molecule has 90 valence electrons. The van der Waals surface area contributed by atoms with Gasteiger partial charge in [0.1, 0.15) is 0 Å². The lowest BCUT2D eigenvalue weighted by Gasteiger charge is -2.15. The number of amides is 4. The van der Waals surface area contributed by atoms with Gasteiger partial charge in [-0.15, -0.1) is 0 Å². The van der Waals surface area contributed by atoms with E-state index in [1.54, 1.807) is 24.1 Å². The molecule has 0 aliphatic carbocycles. The molecule has 4 amide bonds. The zero-order chi connectivity index (χ0) is 12.4. The molecule has 1 N–H and O–H groups in total. The molecule has 1 saturated heterocycles. The minimum atomic E-state index is -0.377. The number of rotatable bonds is 1. The summed E-state index contributed by atoms with van der Waals surface area (Å²) >= 11 is 0. The molecule has 1 aromatic carbocycles. The van der Waals surface area contributed by atoms with Crippen molar-refractivity contribution in [3.05, 3.63) is 30.3 Å². The number of nitrogens with one attached hydrogen (secondary N) is 1. The molecule has 1 aromatic rings. The van der Waals surface area contributed by atoms with Gasteiger partial charge in [0.25, 0.3) is 0 Å². The Balaban J connectivity index is 2.05. The monoisotopic (exact) mass is 233 g/mol. The molecular formula is C12H15N3O2. The summed E-state index contributed by atoms with van der Waals surface area (Å²) in [6.07, 6.45) is 0. The van der Waals surface area contributed by atoms with Crippen molar-refractivity contribution >= 4 is 17.7 Å². The third-order valence-corrected chi connectivity index (χ3v) is 2.91. The summed E-state index contributed by atoms with van der Waals surface area (Å²) in [4.78, 5) is 26.4. The van der Waals surface area contributed by atoms with Gasteiger partial charge in [0.2, 0.25) is 0 Å². The van der Waals surface area contributed by atoms with Gasteiger partial charge < -0.3 is 10.2 Å². The molecule has 0 aromatic heterocycles. The summed E-state index contributed by atoms with van der Waals surface area (Å²) in [6.45, 7) is 2.34. The smallest absolute Gasteiger partial charge is 0.323 e. The van der Waals surface area contributed by atoms with E-state index < -0.39 is 0 Å². The second kappa shape index (κ2) is 4.45. The molecule has 1 aliphatic rings. The Bertz CT molecular complexity index is 433. The van der Waals surface area contributed by atoms with Crippen LogP contribution in [0, 0.1) is 0 Å². The molecule has 0 bridgehead atoms. The van der Waals surface area contributed by atoms with Crippen molar-refractivity contribution in [1.82, 2.24) is 9.80 Å². The van der Waals surface area contributed by atoms with E-state index in [9.17, 15) is 9.59 Å². The second-order valence-corrected chi connectivity index (χ2v) is 4.15. The van der Waals surface area contributed by atoms with Gasteiger partial charge in [-0.3, -0.25) is 0 Å². The van der Waals surface area contributed by atoms with Crippen LogP contribution in [0.1, 0.15) is 6.92 Å². The minimum Gasteiger partial charge on any atom is -0.323 e. The number of para-hydroxylation sites is 1. The first-order valence-corrected chi connectivity index (χ1v) is 5.50. The maximum Gasteiger partial charge on any atom is 0.330 e. The van der Waals surface area contributed by atoms with E-state index >= 15 is 0 Å². The number of carbonyl (C=O) groups excluding carboxylic acids is 2. The number of benzene rings is 1. The summed E-state index contributed by atoms with van der Waals surface area (Å²) in [5, 5.41) is 2.69. The third-order valence-electron chi connectivity index (χ3n) is 2.91. The molecule has 17 heavy (non-hydrogen) atoms. The number of urea groups is 2. The first-order valence-electron chi connectivity index (χ1n) is 5.50. The van der Waals surface area contributed by atoms with Gasteiger partial charge in [-0.05, 0) is 19.1 Å². The van der Waals surface area contributed by atoms with Crippen LogP contribution >= 0.6 is 0 Å². The van der Waals surface area contributed by atoms with Crippen molar-refractivity contribution in [1.29, 1.82) is 0 Å². The zero-order valence-corrected chi connectivity index (χ0v) is 9.88. The minimum absolute atomic E-state index is 0.0593. The Kier molecular flexibility index (Phi) is 2.99. The molecule has 1 aliphatic heterocycles. The van der Waals surface area contributed by atoms with Crippen molar-refractivity contribution in [2.75, 3.05) is 18.9 Å². The number of carbonyl (C=O) groups is 2. The quantitative estimate of drug-likeness (QED) is 0.806. The summed E-state index contributed by atoms with van der Waals surface area (Å²) < 4.78 is 0. The van der Waals surface area contributed by atoms with Crippen molar-refractivity contribution in [3.8, 4) is 0 Å². The van der Waals surface area contributed by atoms with Crippen LogP contribution in [0.4, 0.5) is 15.3 Å². The second-order valence-electron chi connectivity index (χ2n) is 4.15. The first kappa shape index (κ1) is 11.4. The van der Waals surface area contributed by atoms with Gasteiger partial charge in [0.05, 0.1) is 6.54 Å². The molecule has 1 heterocycles. The van der Waals surface area contributed by atoms with Crippen LogP contribution in [0.3, 0.4) is 0 Å². The highest BCUT2D eigenvalue weighted by Gasteiger charge is 2.35. The molecule has 2 rings (SSSR count). The summed E-state index contributed by atoms with van der Waals surface area (Å²) in [6, 6.07) is 8.52. The largest absolute Gasteiger partial charge is 0.330 e. The molecule has 5 nitrogen and oxygen atoms in total. The normalized spacial score (nSPS) is 19.6. The summed E-state index contributed by atoms with van der Waals surface area (Å²) in [5.41, 5.74) is 0.688. The van der Waals surface area contributed by atoms with Crippen LogP contribution in [-0.2, 0) is 0 Å². The number of likely N-dealkylation sites (N-methyl/N-ethyl adjacent to an activating group) is 1. The van der Waals surface area contributed by atoms with E-state index in [2.05, 4.69) is 5.32 Å². The van der Waals surface area contributed by atoms with Gasteiger partial charge in [0, 0.05) is 18.8 Å². The molecule has 1 unspecified atom stereocenters. The van der Waals surface area contributed by atoms with Crippen molar-refractivity contribution < 1.29 is 9.59 Å². The van der Waals surface area contributed by atoms with Crippen LogP contribution in [0.5, 0.6) is 0 Å². The van der Waals surface area contributed by atoms with Crippen LogP contribution in [0.2, 0.25) is 0 Å². The van der Waals surface area contributed by atoms with E-state index in [-0.39, 0.29) is 18.1 Å². The SMILES string of the molecule is CC1CN(C(=O)Nc2ccccc2)C(=O)N1C. The maximum absolute atomic E-state index is 11.9. The predicted molar refractivity (Wildman–Crippen MR) is 64.8 cm³/mol. The molecule has 1 fully saturated rings. The zero-order valence-electron chi connectivity index (χ0n) is 9.88. The number of imide groups is 1. The lowest BCUT2D eigenvalue weighted by molar-refractivity contribution is 0.194. The Morgan fingerprint density at radius 1 is 1.35 bits per heavy atom. The molecular weight excluding hydrogens is 218 g/mol. The fourth-order valence-corrected chi connectivity index (χ4v) is 1.73. The van der Waals surface area contributed by atoms with E-state index in [4.69, 9.17) is 0 Å². The van der Waals surface area contributed by atoms with Crippen molar-refractivity contribution in [2.45, 2.75) is 13.0 Å². The lowest BCUT2D eigenvalue weighted by Crippen LogP contribution is -2.37. The lowest BCUT2D eigenvalue weighted by atomic mass is 10.3. The van der Waals surface area contributed by atoms with Gasteiger partial charge in [-0.2, -0.15) is 0 Å². The molecule has 5 heteroatoms. The average molecular weight is 233 g/mol. The van der Waals surface area contributed by atoms with E-state index in [1.807, 2.05) is 25.1 Å². The Labute approximate surface area is 100 Å².